The van der Waals surface area contributed by atoms with Crippen LogP contribution in [0, 0.1) is 0 Å². The maximum atomic E-state index is 10.3. The molecule has 0 aliphatic heterocycles. The molecule has 0 unspecified atom stereocenters. The summed E-state index contributed by atoms with van der Waals surface area (Å²) < 4.78 is 0. The monoisotopic (exact) mass is 271 g/mol. The van der Waals surface area contributed by atoms with Crippen LogP contribution < -0.4 is 0 Å². The molecule has 0 atom stereocenters. The average molecular weight is 271 g/mol. The first kappa shape index (κ1) is 36.0. The van der Waals surface area contributed by atoms with E-state index in [0.29, 0.717) is 0 Å². The molecule has 107 valence electrons. The van der Waals surface area contributed by atoms with Crippen LogP contribution in [0.15, 0.2) is 0 Å². The minimum absolute atomic E-state index is 0. The van der Waals surface area contributed by atoms with E-state index < -0.39 is 36.4 Å². The maximum absolute atomic E-state index is 10.3. The number of aliphatic carboxylic acids is 3. The Hall–Kier alpha value is -1.19. The molecule has 1 radical (unpaired) electrons. The van der Waals surface area contributed by atoms with E-state index in [1.54, 1.807) is 0 Å². The van der Waals surface area contributed by atoms with Gasteiger partial charge in [-0.2, -0.15) is 0 Å². The van der Waals surface area contributed by atoms with Gasteiger partial charge in [-0.1, -0.05) is 0 Å². The molecule has 0 saturated heterocycles. The standard InChI is InChI=1S/C6H8O7.Li.4H2O/c7-3(8)1-6(13,5(11)12)2-4(9)10;;;;;/h13H,1-2H2,(H,7,8)(H,9,10)(H,11,12);;4*1H2. The largest absolute Gasteiger partial charge is 0.481 e. The van der Waals surface area contributed by atoms with Gasteiger partial charge in [0.25, 0.3) is 0 Å². The number of carboxylic acids is 3. The molecular formula is C6H16LiO11. The zero-order valence-electron chi connectivity index (χ0n) is 9.43. The molecule has 18 heavy (non-hydrogen) atoms. The second-order valence-corrected chi connectivity index (χ2v) is 2.48. The van der Waals surface area contributed by atoms with Crippen LogP contribution in [0.1, 0.15) is 12.8 Å². The molecule has 11 nitrogen and oxygen atoms in total. The van der Waals surface area contributed by atoms with Gasteiger partial charge in [0.05, 0.1) is 12.8 Å². The van der Waals surface area contributed by atoms with Gasteiger partial charge < -0.3 is 42.3 Å². The van der Waals surface area contributed by atoms with Gasteiger partial charge in [-0.3, -0.25) is 9.59 Å². The predicted molar refractivity (Wildman–Crippen MR) is 57.3 cm³/mol. The van der Waals surface area contributed by atoms with Crippen LogP contribution in [0.4, 0.5) is 0 Å². The first-order valence-electron chi connectivity index (χ1n) is 3.17. The summed E-state index contributed by atoms with van der Waals surface area (Å²) in [5.74, 6) is -5.02. The van der Waals surface area contributed by atoms with Crippen molar-refractivity contribution in [2.45, 2.75) is 18.4 Å². The normalized spacial score (nSPS) is 7.83. The molecule has 0 heterocycles. The minimum Gasteiger partial charge on any atom is -0.481 e. The molecule has 0 aromatic rings. The van der Waals surface area contributed by atoms with Gasteiger partial charge in [0.2, 0.25) is 0 Å². The Morgan fingerprint density at radius 2 is 1.00 bits per heavy atom. The minimum atomic E-state index is -2.74. The summed E-state index contributed by atoms with van der Waals surface area (Å²) in [7, 11) is 0. The van der Waals surface area contributed by atoms with Crippen molar-refractivity contribution in [1.82, 2.24) is 0 Å². The van der Waals surface area contributed by atoms with E-state index in [-0.39, 0.29) is 40.8 Å². The number of carbonyl (C=O) groups is 3. The van der Waals surface area contributed by atoms with Gasteiger partial charge in [0.15, 0.2) is 5.60 Å². The Morgan fingerprint density at radius 1 is 0.778 bits per heavy atom. The van der Waals surface area contributed by atoms with Crippen molar-refractivity contribution < 1.29 is 56.7 Å². The molecular weight excluding hydrogens is 255 g/mol. The summed E-state index contributed by atoms with van der Waals surface area (Å²) in [5.41, 5.74) is -2.74. The third kappa shape index (κ3) is 12.9. The Labute approximate surface area is 112 Å². The van der Waals surface area contributed by atoms with E-state index in [2.05, 4.69) is 0 Å². The first-order chi connectivity index (χ1) is 5.78. The van der Waals surface area contributed by atoms with E-state index in [9.17, 15) is 14.4 Å². The molecule has 0 aromatic heterocycles. The van der Waals surface area contributed by atoms with Crippen molar-refractivity contribution in [1.29, 1.82) is 0 Å². The Morgan fingerprint density at radius 3 is 1.11 bits per heavy atom. The van der Waals surface area contributed by atoms with E-state index in [1.807, 2.05) is 0 Å². The number of carboxylic acid groups (broad SMARTS) is 3. The predicted octanol–water partition coefficient (Wildman–Crippen LogP) is -4.93. The van der Waals surface area contributed by atoms with Crippen molar-refractivity contribution in [3.63, 3.8) is 0 Å². The van der Waals surface area contributed by atoms with E-state index >= 15 is 0 Å². The van der Waals surface area contributed by atoms with Gasteiger partial charge in [-0.15, -0.1) is 0 Å². The molecule has 0 amide bonds. The van der Waals surface area contributed by atoms with Crippen molar-refractivity contribution in [2.24, 2.45) is 0 Å². The summed E-state index contributed by atoms with van der Waals surface area (Å²) in [5, 5.41) is 33.8. The van der Waals surface area contributed by atoms with E-state index in [4.69, 9.17) is 20.4 Å². The summed E-state index contributed by atoms with van der Waals surface area (Å²) in [6.45, 7) is 0. The molecule has 0 bridgehead atoms. The van der Waals surface area contributed by atoms with Crippen LogP contribution >= 0.6 is 0 Å². The molecule has 12 N–H and O–H groups in total. The second kappa shape index (κ2) is 13.9. The average Bonchev–Trinajstić information content (AvgIpc) is 1.82. The third-order valence-corrected chi connectivity index (χ3v) is 1.29. The molecule has 0 saturated carbocycles. The summed E-state index contributed by atoms with van der Waals surface area (Å²) in [6, 6.07) is 0. The molecule has 0 aromatic carbocycles. The van der Waals surface area contributed by atoms with E-state index in [1.165, 1.54) is 0 Å². The molecule has 0 spiro atoms. The Kier molecular flexibility index (Phi) is 27.7. The van der Waals surface area contributed by atoms with Gasteiger partial charge in [-0.25, -0.2) is 4.79 Å². The van der Waals surface area contributed by atoms with Crippen molar-refractivity contribution in [3.8, 4) is 0 Å². The fourth-order valence-electron chi connectivity index (χ4n) is 0.714. The summed E-state index contributed by atoms with van der Waals surface area (Å²) >= 11 is 0. The molecule has 0 aliphatic carbocycles. The van der Waals surface area contributed by atoms with Crippen molar-refractivity contribution >= 4 is 36.8 Å². The maximum Gasteiger partial charge on any atom is 0.336 e. The van der Waals surface area contributed by atoms with Crippen LogP contribution in [0.5, 0.6) is 0 Å². The summed E-state index contributed by atoms with van der Waals surface area (Å²) in [4.78, 5) is 30.5. The zero-order valence-corrected chi connectivity index (χ0v) is 9.43. The third-order valence-electron chi connectivity index (χ3n) is 1.29. The smallest absolute Gasteiger partial charge is 0.336 e. The Bertz CT molecular complexity index is 236. The number of hydrogen-bond donors (Lipinski definition) is 4. The van der Waals surface area contributed by atoms with Crippen molar-refractivity contribution in [3.05, 3.63) is 0 Å². The molecule has 12 heteroatoms. The number of aliphatic hydroxyl groups is 1. The van der Waals surface area contributed by atoms with Crippen LogP contribution in [0.25, 0.3) is 0 Å². The molecule has 0 rings (SSSR count). The molecule has 0 fully saturated rings. The SMILES string of the molecule is O.O.O.O.O=C(O)CC(O)(CC(=O)O)C(=O)O.[Li]. The number of rotatable bonds is 5. The van der Waals surface area contributed by atoms with Crippen molar-refractivity contribution in [2.75, 3.05) is 0 Å². The topological polar surface area (TPSA) is 258 Å². The first-order valence-corrected chi connectivity index (χ1v) is 3.17. The second-order valence-electron chi connectivity index (χ2n) is 2.48. The van der Waals surface area contributed by atoms with E-state index in [0.717, 1.165) is 0 Å². The van der Waals surface area contributed by atoms with Crippen LogP contribution in [-0.4, -0.2) is 84.7 Å². The Balaban J connectivity index is -0.0000000720. The molecule has 0 aliphatic rings. The quantitative estimate of drug-likeness (QED) is 0.353. The number of hydrogen-bond acceptors (Lipinski definition) is 4. The van der Waals surface area contributed by atoms with Gasteiger partial charge >= 0.3 is 17.9 Å². The van der Waals surface area contributed by atoms with Crippen LogP contribution in [-0.2, 0) is 14.4 Å². The fraction of sp³-hybridized carbons (Fsp3) is 0.500. The zero-order chi connectivity index (χ0) is 10.6. The van der Waals surface area contributed by atoms with Gasteiger partial charge in [0.1, 0.15) is 0 Å². The summed E-state index contributed by atoms with van der Waals surface area (Å²) in [6.07, 6.45) is -2.29. The van der Waals surface area contributed by atoms with Crippen LogP contribution in [0.3, 0.4) is 0 Å². The van der Waals surface area contributed by atoms with Crippen LogP contribution in [0.2, 0.25) is 0 Å². The fourth-order valence-corrected chi connectivity index (χ4v) is 0.714. The van der Waals surface area contributed by atoms with Gasteiger partial charge in [-0.05, 0) is 0 Å². The van der Waals surface area contributed by atoms with Gasteiger partial charge in [0, 0.05) is 18.9 Å².